The zero-order chi connectivity index (χ0) is 8.77. The number of azo groups is 1. The first-order chi connectivity index (χ1) is 5.61. The highest BCUT2D eigenvalue weighted by Crippen LogP contribution is 2.41. The van der Waals surface area contributed by atoms with Gasteiger partial charge in [0.1, 0.15) is 11.2 Å². The fourth-order valence-corrected chi connectivity index (χ4v) is 1.24. The monoisotopic (exact) mass is 162 g/mol. The fourth-order valence-electron chi connectivity index (χ4n) is 1.24. The first-order valence-corrected chi connectivity index (χ1v) is 3.79. The smallest absolute Gasteiger partial charge is 0.132 e. The van der Waals surface area contributed by atoms with Gasteiger partial charge < -0.3 is 5.73 Å². The zero-order valence-electron chi connectivity index (χ0n) is 7.07. The Balaban J connectivity index is 2.68. The van der Waals surface area contributed by atoms with Crippen LogP contribution >= 0.6 is 0 Å². The summed E-state index contributed by atoms with van der Waals surface area (Å²) in [6.45, 7) is 3.93. The van der Waals surface area contributed by atoms with Gasteiger partial charge in [-0.1, -0.05) is 0 Å². The van der Waals surface area contributed by atoms with E-state index in [2.05, 4.69) is 15.2 Å². The summed E-state index contributed by atoms with van der Waals surface area (Å²) in [6.07, 6.45) is 1.69. The molecule has 0 spiro atoms. The van der Waals surface area contributed by atoms with Crippen LogP contribution in [0.1, 0.15) is 19.5 Å². The van der Waals surface area contributed by atoms with Gasteiger partial charge in [-0.3, -0.25) is 4.98 Å². The minimum Gasteiger partial charge on any atom is -0.397 e. The van der Waals surface area contributed by atoms with Crippen LogP contribution < -0.4 is 5.73 Å². The summed E-state index contributed by atoms with van der Waals surface area (Å²) in [7, 11) is 0. The number of pyridine rings is 1. The molecular formula is C8H10N4. The third kappa shape index (κ3) is 0.809. The SMILES string of the molecule is CC1(C)N=Nc2c(N)ccnc21. The summed E-state index contributed by atoms with van der Waals surface area (Å²) >= 11 is 0. The van der Waals surface area contributed by atoms with E-state index < -0.39 is 0 Å². The van der Waals surface area contributed by atoms with E-state index in [1.807, 2.05) is 13.8 Å². The lowest BCUT2D eigenvalue weighted by Crippen LogP contribution is -2.11. The van der Waals surface area contributed by atoms with E-state index in [9.17, 15) is 0 Å². The molecule has 4 heteroatoms. The van der Waals surface area contributed by atoms with E-state index in [0.29, 0.717) is 5.69 Å². The summed E-state index contributed by atoms with van der Waals surface area (Å²) in [5, 5.41) is 8.07. The highest BCUT2D eigenvalue weighted by molar-refractivity contribution is 5.66. The average molecular weight is 162 g/mol. The Morgan fingerprint density at radius 3 is 2.83 bits per heavy atom. The fraction of sp³-hybridized carbons (Fsp3) is 0.375. The second-order valence-electron chi connectivity index (χ2n) is 3.36. The van der Waals surface area contributed by atoms with Gasteiger partial charge in [0.2, 0.25) is 0 Å². The van der Waals surface area contributed by atoms with Crippen molar-refractivity contribution in [3.8, 4) is 0 Å². The Kier molecular flexibility index (Phi) is 1.22. The molecular weight excluding hydrogens is 152 g/mol. The molecule has 2 N–H and O–H groups in total. The van der Waals surface area contributed by atoms with Crippen LogP contribution in [0.2, 0.25) is 0 Å². The van der Waals surface area contributed by atoms with Crippen molar-refractivity contribution >= 4 is 11.4 Å². The highest BCUT2D eigenvalue weighted by atomic mass is 15.2. The van der Waals surface area contributed by atoms with Crippen molar-refractivity contribution in [1.82, 2.24) is 4.98 Å². The number of hydrogen-bond acceptors (Lipinski definition) is 4. The van der Waals surface area contributed by atoms with Crippen molar-refractivity contribution in [2.75, 3.05) is 5.73 Å². The van der Waals surface area contributed by atoms with E-state index in [-0.39, 0.29) is 5.54 Å². The van der Waals surface area contributed by atoms with Crippen LogP contribution in [0.5, 0.6) is 0 Å². The maximum Gasteiger partial charge on any atom is 0.132 e. The largest absolute Gasteiger partial charge is 0.397 e. The molecule has 0 fully saturated rings. The summed E-state index contributed by atoms with van der Waals surface area (Å²) < 4.78 is 0. The topological polar surface area (TPSA) is 63.6 Å². The van der Waals surface area contributed by atoms with Gasteiger partial charge >= 0.3 is 0 Å². The molecule has 0 saturated heterocycles. The highest BCUT2D eigenvalue weighted by Gasteiger charge is 2.31. The molecule has 0 saturated carbocycles. The summed E-state index contributed by atoms with van der Waals surface area (Å²) in [4.78, 5) is 4.21. The van der Waals surface area contributed by atoms with E-state index in [1.54, 1.807) is 12.3 Å². The molecule has 4 nitrogen and oxygen atoms in total. The van der Waals surface area contributed by atoms with Gasteiger partial charge in [-0.25, -0.2) is 0 Å². The van der Waals surface area contributed by atoms with Gasteiger partial charge in [-0.15, -0.1) is 0 Å². The molecule has 1 aliphatic rings. The number of anilines is 1. The average Bonchev–Trinajstić information content (AvgIpc) is 2.30. The number of aromatic nitrogens is 1. The van der Waals surface area contributed by atoms with Crippen LogP contribution in [0.25, 0.3) is 0 Å². The minimum atomic E-state index is -0.315. The van der Waals surface area contributed by atoms with E-state index in [1.165, 1.54) is 0 Å². The lowest BCUT2D eigenvalue weighted by Gasteiger charge is -2.11. The molecule has 0 aliphatic carbocycles. The molecule has 0 atom stereocenters. The Bertz CT molecular complexity index is 354. The van der Waals surface area contributed by atoms with Crippen LogP contribution in [0.4, 0.5) is 11.4 Å². The lowest BCUT2D eigenvalue weighted by molar-refractivity contribution is 0.539. The standard InChI is InChI=1S/C8H10N4/c1-8(2)7-6(11-12-8)5(9)3-4-10-7/h3-4H,1-2H3,(H2,9,10). The number of nitrogens with two attached hydrogens (primary N) is 1. The van der Waals surface area contributed by atoms with Crippen molar-refractivity contribution in [2.24, 2.45) is 10.2 Å². The van der Waals surface area contributed by atoms with Crippen LogP contribution in [-0.4, -0.2) is 4.98 Å². The number of nitrogen functional groups attached to an aromatic ring is 1. The normalized spacial score (nSPS) is 17.8. The molecule has 1 aromatic rings. The summed E-state index contributed by atoms with van der Waals surface area (Å²) in [6, 6.07) is 1.74. The van der Waals surface area contributed by atoms with Crippen molar-refractivity contribution in [3.63, 3.8) is 0 Å². The molecule has 0 amide bonds. The summed E-state index contributed by atoms with van der Waals surface area (Å²) in [5.74, 6) is 0. The van der Waals surface area contributed by atoms with Crippen LogP contribution in [0.3, 0.4) is 0 Å². The molecule has 12 heavy (non-hydrogen) atoms. The van der Waals surface area contributed by atoms with Gasteiger partial charge in [-0.2, -0.15) is 10.2 Å². The maximum absolute atomic E-state index is 5.70. The molecule has 2 rings (SSSR count). The van der Waals surface area contributed by atoms with Gasteiger partial charge in [0.25, 0.3) is 0 Å². The predicted octanol–water partition coefficient (Wildman–Crippen LogP) is 2.00. The van der Waals surface area contributed by atoms with Crippen molar-refractivity contribution < 1.29 is 0 Å². The van der Waals surface area contributed by atoms with Crippen LogP contribution in [-0.2, 0) is 5.54 Å². The molecule has 0 aromatic carbocycles. The molecule has 0 bridgehead atoms. The second-order valence-corrected chi connectivity index (χ2v) is 3.36. The Morgan fingerprint density at radius 1 is 1.42 bits per heavy atom. The van der Waals surface area contributed by atoms with Crippen LogP contribution in [0.15, 0.2) is 22.5 Å². The molecule has 0 unspecified atom stereocenters. The van der Waals surface area contributed by atoms with Crippen molar-refractivity contribution in [2.45, 2.75) is 19.4 Å². The van der Waals surface area contributed by atoms with Gasteiger partial charge in [0.05, 0.1) is 11.4 Å². The molecule has 1 aliphatic heterocycles. The van der Waals surface area contributed by atoms with Crippen molar-refractivity contribution in [3.05, 3.63) is 18.0 Å². The molecule has 1 aromatic heterocycles. The Labute approximate surface area is 70.5 Å². The summed E-state index contributed by atoms with van der Waals surface area (Å²) in [5.41, 5.74) is 7.62. The first kappa shape index (κ1) is 7.21. The Hall–Kier alpha value is -1.45. The van der Waals surface area contributed by atoms with E-state index >= 15 is 0 Å². The number of rotatable bonds is 0. The van der Waals surface area contributed by atoms with Crippen molar-refractivity contribution in [1.29, 1.82) is 0 Å². The minimum absolute atomic E-state index is 0.315. The number of fused-ring (bicyclic) bond motifs is 1. The third-order valence-electron chi connectivity index (χ3n) is 1.93. The van der Waals surface area contributed by atoms with Crippen LogP contribution in [0, 0.1) is 0 Å². The quantitative estimate of drug-likeness (QED) is 0.634. The molecule has 2 heterocycles. The number of hydrogen-bond donors (Lipinski definition) is 1. The maximum atomic E-state index is 5.70. The number of nitrogens with zero attached hydrogens (tertiary/aromatic N) is 3. The predicted molar refractivity (Wildman–Crippen MR) is 46.2 cm³/mol. The lowest BCUT2D eigenvalue weighted by atomic mass is 10.0. The van der Waals surface area contributed by atoms with Gasteiger partial charge in [0, 0.05) is 6.20 Å². The second kappa shape index (κ2) is 2.03. The van der Waals surface area contributed by atoms with Gasteiger partial charge in [0.15, 0.2) is 0 Å². The molecule has 62 valence electrons. The van der Waals surface area contributed by atoms with E-state index in [0.717, 1.165) is 11.4 Å². The zero-order valence-corrected chi connectivity index (χ0v) is 7.07. The van der Waals surface area contributed by atoms with Gasteiger partial charge in [-0.05, 0) is 19.9 Å². The first-order valence-electron chi connectivity index (χ1n) is 3.79. The molecule has 0 radical (unpaired) electrons. The van der Waals surface area contributed by atoms with E-state index in [4.69, 9.17) is 5.73 Å². The third-order valence-corrected chi connectivity index (χ3v) is 1.93. The Morgan fingerprint density at radius 2 is 2.17 bits per heavy atom.